The van der Waals surface area contributed by atoms with Gasteiger partial charge >= 0.3 is 0 Å². The molecule has 0 aliphatic carbocycles. The first-order valence-corrected chi connectivity index (χ1v) is 10.9. The molecule has 7 heteroatoms. The number of nitrogens with zero attached hydrogens (tertiary/aromatic N) is 1. The summed E-state index contributed by atoms with van der Waals surface area (Å²) < 4.78 is 0. The first-order chi connectivity index (χ1) is 16.0. The Morgan fingerprint density at radius 2 is 1.70 bits per heavy atom. The summed E-state index contributed by atoms with van der Waals surface area (Å²) in [7, 11) is 1.43. The first kappa shape index (κ1) is 21.0. The molecule has 0 spiro atoms. The van der Waals surface area contributed by atoms with Crippen LogP contribution in [0.1, 0.15) is 48.1 Å². The number of fused-ring (bicyclic) bond motifs is 2. The lowest BCUT2D eigenvalue weighted by Crippen LogP contribution is -2.29. The highest BCUT2D eigenvalue weighted by Gasteiger charge is 2.33. The largest absolute Gasteiger partial charge is 0.361 e. The molecule has 3 aromatic carbocycles. The van der Waals surface area contributed by atoms with E-state index >= 15 is 0 Å². The summed E-state index contributed by atoms with van der Waals surface area (Å²) in [6.45, 7) is 0.300. The van der Waals surface area contributed by atoms with Gasteiger partial charge in [0.1, 0.15) is 0 Å². The van der Waals surface area contributed by atoms with Crippen LogP contribution in [0.4, 0.5) is 0 Å². The van der Waals surface area contributed by atoms with E-state index in [1.807, 2.05) is 54.7 Å². The van der Waals surface area contributed by atoms with E-state index < -0.39 is 5.91 Å². The summed E-state index contributed by atoms with van der Waals surface area (Å²) >= 11 is 6.53. The Labute approximate surface area is 195 Å². The fourth-order valence-electron chi connectivity index (χ4n) is 4.33. The summed E-state index contributed by atoms with van der Waals surface area (Å²) in [5, 5.41) is 4.66. The van der Waals surface area contributed by atoms with Crippen molar-refractivity contribution in [3.8, 4) is 0 Å². The monoisotopic (exact) mass is 457 g/mol. The highest BCUT2D eigenvalue weighted by atomic mass is 35.5. The van der Waals surface area contributed by atoms with Crippen LogP contribution in [0.3, 0.4) is 0 Å². The molecule has 2 N–H and O–H groups in total. The van der Waals surface area contributed by atoms with Crippen molar-refractivity contribution in [3.05, 3.63) is 106 Å². The summed E-state index contributed by atoms with van der Waals surface area (Å²) in [5.41, 5.74) is 3.81. The molecule has 6 nitrogen and oxygen atoms in total. The van der Waals surface area contributed by atoms with Crippen LogP contribution in [0.2, 0.25) is 5.02 Å². The first-order valence-electron chi connectivity index (χ1n) is 10.5. The maximum atomic E-state index is 13.0. The van der Waals surface area contributed by atoms with Crippen LogP contribution in [0, 0.1) is 0 Å². The molecule has 3 amide bonds. The second kappa shape index (κ2) is 8.22. The zero-order valence-corrected chi connectivity index (χ0v) is 18.5. The summed E-state index contributed by atoms with van der Waals surface area (Å²) in [5.74, 6) is -1.29. The number of H-pyrrole nitrogens is 1. The van der Waals surface area contributed by atoms with Crippen molar-refractivity contribution >= 4 is 40.2 Å². The van der Waals surface area contributed by atoms with Gasteiger partial charge in [-0.2, -0.15) is 0 Å². The Morgan fingerprint density at radius 1 is 0.970 bits per heavy atom. The number of aromatic nitrogens is 1. The zero-order valence-electron chi connectivity index (χ0n) is 17.8. The predicted molar refractivity (Wildman–Crippen MR) is 127 cm³/mol. The number of rotatable bonds is 5. The fourth-order valence-corrected chi connectivity index (χ4v) is 4.59. The highest BCUT2D eigenvalue weighted by Crippen LogP contribution is 2.34. The fraction of sp³-hybridized carbons (Fsp3) is 0.115. The van der Waals surface area contributed by atoms with Crippen LogP contribution < -0.4 is 5.32 Å². The third-order valence-electron chi connectivity index (χ3n) is 6.10. The molecule has 0 unspecified atom stereocenters. The molecule has 164 valence electrons. The van der Waals surface area contributed by atoms with E-state index in [4.69, 9.17) is 11.6 Å². The quantitative estimate of drug-likeness (QED) is 0.429. The SMILES string of the molecule is CN1C(=O)c2ccc(C(=O)NC[C@H](c3ccccc3Cl)c3c[nH]c4ccccc34)cc2C1=O. The van der Waals surface area contributed by atoms with Crippen molar-refractivity contribution in [1.82, 2.24) is 15.2 Å². The predicted octanol–water partition coefficient (Wildman–Crippen LogP) is 4.61. The molecule has 0 saturated carbocycles. The van der Waals surface area contributed by atoms with Gasteiger partial charge in [-0.3, -0.25) is 19.3 Å². The molecule has 0 saturated heterocycles. The number of benzene rings is 3. The molecule has 2 heterocycles. The standard InChI is InChI=1S/C26H20ClN3O3/c1-30-25(32)18-11-10-15(12-19(18)26(30)33)24(31)29-14-20(16-6-2-4-8-22(16)27)21-13-28-23-9-5-3-7-17(21)23/h2-13,20,28H,14H2,1H3,(H,29,31)/t20-/m1/s1. The number of hydrogen-bond donors (Lipinski definition) is 2. The smallest absolute Gasteiger partial charge is 0.261 e. The van der Waals surface area contributed by atoms with Gasteiger partial charge in [0.2, 0.25) is 0 Å². The van der Waals surface area contributed by atoms with Gasteiger partial charge < -0.3 is 10.3 Å². The van der Waals surface area contributed by atoms with E-state index in [2.05, 4.69) is 10.3 Å². The van der Waals surface area contributed by atoms with E-state index in [9.17, 15) is 14.4 Å². The molecular weight excluding hydrogens is 438 g/mol. The highest BCUT2D eigenvalue weighted by molar-refractivity contribution is 6.31. The van der Waals surface area contributed by atoms with Crippen molar-refractivity contribution in [2.75, 3.05) is 13.6 Å². The number of carbonyl (C=O) groups excluding carboxylic acids is 3. The summed E-state index contributed by atoms with van der Waals surface area (Å²) in [6.07, 6.45) is 1.94. The number of nitrogens with one attached hydrogen (secondary N) is 2. The Morgan fingerprint density at radius 3 is 2.52 bits per heavy atom. The van der Waals surface area contributed by atoms with Crippen molar-refractivity contribution in [1.29, 1.82) is 0 Å². The van der Waals surface area contributed by atoms with Crippen molar-refractivity contribution in [2.24, 2.45) is 0 Å². The molecule has 33 heavy (non-hydrogen) atoms. The van der Waals surface area contributed by atoms with Crippen LogP contribution in [-0.2, 0) is 0 Å². The van der Waals surface area contributed by atoms with Crippen LogP contribution in [0.15, 0.2) is 72.9 Å². The van der Waals surface area contributed by atoms with Gasteiger partial charge in [-0.05, 0) is 41.5 Å². The normalized spacial score (nSPS) is 13.9. The average molecular weight is 458 g/mol. The van der Waals surface area contributed by atoms with Crippen LogP contribution >= 0.6 is 11.6 Å². The lowest BCUT2D eigenvalue weighted by Gasteiger charge is -2.19. The minimum absolute atomic E-state index is 0.192. The zero-order chi connectivity index (χ0) is 23.1. The summed E-state index contributed by atoms with van der Waals surface area (Å²) in [6, 6.07) is 20.1. The Balaban J connectivity index is 1.45. The molecule has 0 bridgehead atoms. The number of amides is 3. The number of para-hydroxylation sites is 1. The average Bonchev–Trinajstić information content (AvgIpc) is 3.35. The van der Waals surface area contributed by atoms with Gasteiger partial charge in [0.15, 0.2) is 0 Å². The van der Waals surface area contributed by atoms with E-state index in [0.717, 1.165) is 26.9 Å². The molecule has 1 aliphatic heterocycles. The van der Waals surface area contributed by atoms with Gasteiger partial charge in [-0.25, -0.2) is 0 Å². The van der Waals surface area contributed by atoms with E-state index in [1.54, 1.807) is 6.07 Å². The molecular formula is C26H20ClN3O3. The molecule has 4 aromatic rings. The second-order valence-corrected chi connectivity index (χ2v) is 8.41. The summed E-state index contributed by atoms with van der Waals surface area (Å²) in [4.78, 5) is 41.8. The minimum Gasteiger partial charge on any atom is -0.361 e. The third kappa shape index (κ3) is 3.58. The molecule has 0 radical (unpaired) electrons. The number of halogens is 1. The van der Waals surface area contributed by atoms with Crippen LogP contribution in [0.5, 0.6) is 0 Å². The Bertz CT molecular complexity index is 1430. The number of imide groups is 1. The lowest BCUT2D eigenvalue weighted by molar-refractivity contribution is 0.0693. The number of carbonyl (C=O) groups is 3. The molecule has 0 fully saturated rings. The molecule has 5 rings (SSSR count). The maximum absolute atomic E-state index is 13.0. The van der Waals surface area contributed by atoms with Gasteiger partial charge in [0.05, 0.1) is 11.1 Å². The van der Waals surface area contributed by atoms with Gasteiger partial charge in [0, 0.05) is 47.2 Å². The van der Waals surface area contributed by atoms with Crippen molar-refractivity contribution in [2.45, 2.75) is 5.92 Å². The number of aromatic amines is 1. The van der Waals surface area contributed by atoms with Crippen molar-refractivity contribution < 1.29 is 14.4 Å². The van der Waals surface area contributed by atoms with E-state index in [1.165, 1.54) is 19.2 Å². The van der Waals surface area contributed by atoms with Crippen LogP contribution in [0.25, 0.3) is 10.9 Å². The van der Waals surface area contributed by atoms with Gasteiger partial charge in [-0.15, -0.1) is 0 Å². The lowest BCUT2D eigenvalue weighted by atomic mass is 9.90. The van der Waals surface area contributed by atoms with E-state index in [0.29, 0.717) is 22.7 Å². The van der Waals surface area contributed by atoms with Gasteiger partial charge in [0.25, 0.3) is 17.7 Å². The third-order valence-corrected chi connectivity index (χ3v) is 6.44. The minimum atomic E-state index is -0.405. The second-order valence-electron chi connectivity index (χ2n) is 8.00. The Hall–Kier alpha value is -3.90. The molecule has 1 atom stereocenters. The Kier molecular flexibility index (Phi) is 5.23. The van der Waals surface area contributed by atoms with E-state index in [-0.39, 0.29) is 23.3 Å². The van der Waals surface area contributed by atoms with Crippen molar-refractivity contribution in [3.63, 3.8) is 0 Å². The van der Waals surface area contributed by atoms with Gasteiger partial charge in [-0.1, -0.05) is 48.0 Å². The number of hydrogen-bond acceptors (Lipinski definition) is 3. The molecule has 1 aromatic heterocycles. The van der Waals surface area contributed by atoms with Crippen LogP contribution in [-0.4, -0.2) is 41.2 Å². The maximum Gasteiger partial charge on any atom is 0.261 e. The topological polar surface area (TPSA) is 82.3 Å². The molecule has 1 aliphatic rings.